The fraction of sp³-hybridized carbons (Fsp3) is 0.176. The molecule has 2 heterocycles. The number of aromatic nitrogens is 3. The summed E-state index contributed by atoms with van der Waals surface area (Å²) in [6.45, 7) is 1.84. The summed E-state index contributed by atoms with van der Waals surface area (Å²) >= 11 is 7.29. The lowest BCUT2D eigenvalue weighted by Crippen LogP contribution is -2.19. The zero-order valence-electron chi connectivity index (χ0n) is 14.1. The van der Waals surface area contributed by atoms with Gasteiger partial charge < -0.3 is 8.98 Å². The summed E-state index contributed by atoms with van der Waals surface area (Å²) in [6, 6.07) is 11.0. The van der Waals surface area contributed by atoms with E-state index in [0.29, 0.717) is 21.8 Å². The van der Waals surface area contributed by atoms with Crippen LogP contribution in [0.2, 0.25) is 5.02 Å². The number of carbonyl (C=O) groups is 1. The molecule has 0 atom stereocenters. The Labute approximate surface area is 159 Å². The highest BCUT2D eigenvalue weighted by Crippen LogP contribution is 2.24. The maximum atomic E-state index is 11.9. The van der Waals surface area contributed by atoms with Gasteiger partial charge in [0.1, 0.15) is 11.5 Å². The molecule has 1 aromatic carbocycles. The second-order valence-electron chi connectivity index (χ2n) is 5.41. The van der Waals surface area contributed by atoms with Crippen molar-refractivity contribution in [2.75, 3.05) is 5.75 Å². The average molecular weight is 390 g/mol. The van der Waals surface area contributed by atoms with E-state index >= 15 is 0 Å². The molecule has 9 heteroatoms. The van der Waals surface area contributed by atoms with E-state index in [0.717, 1.165) is 11.3 Å². The summed E-state index contributed by atoms with van der Waals surface area (Å²) in [6.07, 6.45) is 1.45. The van der Waals surface area contributed by atoms with E-state index in [2.05, 4.69) is 20.7 Å². The lowest BCUT2D eigenvalue weighted by molar-refractivity contribution is -0.118. The number of hydrazone groups is 1. The first-order valence-corrected chi connectivity index (χ1v) is 9.06. The molecule has 0 aliphatic rings. The van der Waals surface area contributed by atoms with Crippen LogP contribution in [0.5, 0.6) is 0 Å². The Morgan fingerprint density at radius 3 is 2.96 bits per heavy atom. The standard InChI is InChI=1S/C17H16ClN5O2S/c1-11-6-7-14(25-11)9-19-20-15(24)10-26-17-22-21-16(23(17)2)12-4-3-5-13(18)8-12/h3-9H,10H2,1-2H3,(H,20,24). The van der Waals surface area contributed by atoms with Crippen LogP contribution >= 0.6 is 23.4 Å². The summed E-state index contributed by atoms with van der Waals surface area (Å²) in [7, 11) is 1.84. The summed E-state index contributed by atoms with van der Waals surface area (Å²) in [5, 5.41) is 13.4. The summed E-state index contributed by atoms with van der Waals surface area (Å²) in [4.78, 5) is 11.9. The molecule has 3 aromatic rings. The molecule has 0 radical (unpaired) electrons. The number of hydrogen-bond acceptors (Lipinski definition) is 6. The van der Waals surface area contributed by atoms with E-state index in [-0.39, 0.29) is 11.7 Å². The third-order valence-electron chi connectivity index (χ3n) is 3.39. The minimum Gasteiger partial charge on any atom is -0.460 e. The quantitative estimate of drug-likeness (QED) is 0.397. The second kappa shape index (κ2) is 8.20. The molecular weight excluding hydrogens is 374 g/mol. The van der Waals surface area contributed by atoms with Gasteiger partial charge in [0.15, 0.2) is 11.0 Å². The highest BCUT2D eigenvalue weighted by atomic mass is 35.5. The highest BCUT2D eigenvalue weighted by Gasteiger charge is 2.13. The fourth-order valence-corrected chi connectivity index (χ4v) is 3.07. The SMILES string of the molecule is Cc1ccc(C=NNC(=O)CSc2nnc(-c3cccc(Cl)c3)n2C)o1. The Balaban J connectivity index is 1.56. The summed E-state index contributed by atoms with van der Waals surface area (Å²) < 4.78 is 7.14. The van der Waals surface area contributed by atoms with Crippen molar-refractivity contribution in [3.63, 3.8) is 0 Å². The predicted octanol–water partition coefficient (Wildman–Crippen LogP) is 3.28. The first-order valence-electron chi connectivity index (χ1n) is 7.69. The molecule has 3 rings (SSSR count). The van der Waals surface area contributed by atoms with Crippen LogP contribution in [0.15, 0.2) is 51.1 Å². The number of furan rings is 1. The van der Waals surface area contributed by atoms with Crippen molar-refractivity contribution >= 4 is 35.5 Å². The summed E-state index contributed by atoms with van der Waals surface area (Å²) in [5.41, 5.74) is 3.31. The van der Waals surface area contributed by atoms with Crippen molar-refractivity contribution in [3.05, 3.63) is 52.9 Å². The lowest BCUT2D eigenvalue weighted by Gasteiger charge is -2.04. The topological polar surface area (TPSA) is 85.3 Å². The molecule has 0 bridgehead atoms. The number of nitrogens with zero attached hydrogens (tertiary/aromatic N) is 4. The monoisotopic (exact) mass is 389 g/mol. The van der Waals surface area contributed by atoms with Gasteiger partial charge in [-0.25, -0.2) is 5.43 Å². The van der Waals surface area contributed by atoms with Crippen molar-refractivity contribution in [2.24, 2.45) is 12.1 Å². The molecule has 26 heavy (non-hydrogen) atoms. The van der Waals surface area contributed by atoms with Crippen molar-refractivity contribution in [1.82, 2.24) is 20.2 Å². The van der Waals surface area contributed by atoms with Crippen molar-refractivity contribution in [3.8, 4) is 11.4 Å². The Bertz CT molecular complexity index is 950. The maximum Gasteiger partial charge on any atom is 0.250 e. The van der Waals surface area contributed by atoms with Crippen LogP contribution < -0.4 is 5.43 Å². The largest absolute Gasteiger partial charge is 0.460 e. The fourth-order valence-electron chi connectivity index (χ4n) is 2.17. The number of benzene rings is 1. The minimum absolute atomic E-state index is 0.163. The van der Waals surface area contributed by atoms with Gasteiger partial charge in [-0.2, -0.15) is 5.10 Å². The predicted molar refractivity (Wildman–Crippen MR) is 101 cm³/mol. The number of carbonyl (C=O) groups excluding carboxylic acids is 1. The summed E-state index contributed by atoms with van der Waals surface area (Å²) in [5.74, 6) is 1.96. The number of rotatable bonds is 6. The van der Waals surface area contributed by atoms with Crippen LogP contribution in [0.4, 0.5) is 0 Å². The molecule has 0 aliphatic heterocycles. The van der Waals surface area contributed by atoms with Crippen molar-refractivity contribution < 1.29 is 9.21 Å². The minimum atomic E-state index is -0.248. The van der Waals surface area contributed by atoms with E-state index < -0.39 is 0 Å². The number of halogens is 1. The van der Waals surface area contributed by atoms with Crippen molar-refractivity contribution in [1.29, 1.82) is 0 Å². The Morgan fingerprint density at radius 2 is 2.23 bits per heavy atom. The van der Waals surface area contributed by atoms with Gasteiger partial charge in [-0.1, -0.05) is 35.5 Å². The van der Waals surface area contributed by atoms with Gasteiger partial charge in [-0.15, -0.1) is 10.2 Å². The average Bonchev–Trinajstić information content (AvgIpc) is 3.19. The third kappa shape index (κ3) is 4.53. The molecule has 0 aliphatic carbocycles. The van der Waals surface area contributed by atoms with Crippen LogP contribution in [-0.4, -0.2) is 32.6 Å². The van der Waals surface area contributed by atoms with Crippen LogP contribution in [0.3, 0.4) is 0 Å². The normalized spacial score (nSPS) is 11.2. The van der Waals surface area contributed by atoms with Gasteiger partial charge in [0.25, 0.3) is 5.91 Å². The van der Waals surface area contributed by atoms with Crippen LogP contribution in [0, 0.1) is 6.92 Å². The molecule has 0 fully saturated rings. The first kappa shape index (κ1) is 18.2. The molecule has 1 N–H and O–H groups in total. The molecule has 0 spiro atoms. The van der Waals surface area contributed by atoms with Gasteiger partial charge >= 0.3 is 0 Å². The zero-order valence-corrected chi connectivity index (χ0v) is 15.7. The molecule has 0 saturated carbocycles. The number of nitrogens with one attached hydrogen (secondary N) is 1. The first-order chi connectivity index (χ1) is 12.5. The molecule has 7 nitrogen and oxygen atoms in total. The molecular formula is C17H16ClN5O2S. The maximum absolute atomic E-state index is 11.9. The number of thioether (sulfide) groups is 1. The number of aryl methyl sites for hydroxylation is 1. The Morgan fingerprint density at radius 1 is 1.38 bits per heavy atom. The zero-order chi connectivity index (χ0) is 18.5. The van der Waals surface area contributed by atoms with Gasteiger partial charge in [0.2, 0.25) is 0 Å². The molecule has 1 amide bonds. The number of amides is 1. The molecule has 0 saturated heterocycles. The van der Waals surface area contributed by atoms with Gasteiger partial charge in [-0.05, 0) is 31.2 Å². The third-order valence-corrected chi connectivity index (χ3v) is 4.65. The Kier molecular flexibility index (Phi) is 5.75. The van der Waals surface area contributed by atoms with E-state index in [1.54, 1.807) is 12.1 Å². The molecule has 2 aromatic heterocycles. The van der Waals surface area contributed by atoms with Gasteiger partial charge in [-0.3, -0.25) is 4.79 Å². The molecule has 0 unspecified atom stereocenters. The smallest absolute Gasteiger partial charge is 0.250 e. The van der Waals surface area contributed by atoms with Crippen molar-refractivity contribution in [2.45, 2.75) is 12.1 Å². The Hall–Kier alpha value is -2.58. The van der Waals surface area contributed by atoms with E-state index in [1.165, 1.54) is 18.0 Å². The lowest BCUT2D eigenvalue weighted by atomic mass is 10.2. The van der Waals surface area contributed by atoms with E-state index in [1.807, 2.05) is 42.8 Å². The van der Waals surface area contributed by atoms with Crippen LogP contribution in [0.1, 0.15) is 11.5 Å². The van der Waals surface area contributed by atoms with E-state index in [9.17, 15) is 4.79 Å². The molecule has 134 valence electrons. The highest BCUT2D eigenvalue weighted by molar-refractivity contribution is 7.99. The van der Waals surface area contributed by atoms with Crippen LogP contribution in [0.25, 0.3) is 11.4 Å². The van der Waals surface area contributed by atoms with Gasteiger partial charge in [0.05, 0.1) is 12.0 Å². The van der Waals surface area contributed by atoms with Crippen LogP contribution in [-0.2, 0) is 11.8 Å². The second-order valence-corrected chi connectivity index (χ2v) is 6.78. The van der Waals surface area contributed by atoms with E-state index in [4.69, 9.17) is 16.0 Å². The van der Waals surface area contributed by atoms with Gasteiger partial charge in [0, 0.05) is 17.6 Å². The number of hydrogen-bond donors (Lipinski definition) is 1.